The molecule has 0 amide bonds. The summed E-state index contributed by atoms with van der Waals surface area (Å²) in [6.45, 7) is 1.83. The Morgan fingerprint density at radius 3 is 2.94 bits per heavy atom. The first-order valence-corrected chi connectivity index (χ1v) is 4.55. The zero-order chi connectivity index (χ0) is 11.5. The Labute approximate surface area is 90.9 Å². The van der Waals surface area contributed by atoms with Crippen LogP contribution in [0.5, 0.6) is 5.88 Å². The Balaban J connectivity index is 2.36. The summed E-state index contributed by atoms with van der Waals surface area (Å²) in [4.78, 5) is 14.4. The molecule has 0 aliphatic rings. The minimum atomic E-state index is -1.38. The van der Waals surface area contributed by atoms with Gasteiger partial charge < -0.3 is 9.84 Å². The molecule has 0 aliphatic carbocycles. The number of aryl methyl sites for hydroxylation is 1. The summed E-state index contributed by atoms with van der Waals surface area (Å²) in [5, 5.41) is 15.1. The third-order valence-electron chi connectivity index (χ3n) is 2.02. The normalized spacial score (nSPS) is 10.1. The summed E-state index contributed by atoms with van der Waals surface area (Å²) >= 11 is 0. The van der Waals surface area contributed by atoms with E-state index in [4.69, 9.17) is 5.11 Å². The summed E-state index contributed by atoms with van der Waals surface area (Å²) in [6, 6.07) is 4.91. The molecule has 16 heavy (non-hydrogen) atoms. The van der Waals surface area contributed by atoms with Gasteiger partial charge in [0.15, 0.2) is 0 Å². The van der Waals surface area contributed by atoms with Crippen molar-refractivity contribution in [2.45, 2.75) is 6.92 Å². The van der Waals surface area contributed by atoms with Gasteiger partial charge in [-0.15, -0.1) is 0 Å². The third-order valence-corrected chi connectivity index (χ3v) is 2.02. The van der Waals surface area contributed by atoms with Crippen LogP contribution < -0.4 is 4.74 Å². The molecule has 0 spiro atoms. The fourth-order valence-corrected chi connectivity index (χ4v) is 1.33. The second kappa shape index (κ2) is 4.01. The molecule has 2 heterocycles. The lowest BCUT2D eigenvalue weighted by molar-refractivity contribution is 0.142. The number of rotatable bonds is 2. The first-order chi connectivity index (χ1) is 7.66. The van der Waals surface area contributed by atoms with Gasteiger partial charge in [-0.1, -0.05) is 6.07 Å². The molecule has 6 heteroatoms. The van der Waals surface area contributed by atoms with Crippen LogP contribution in [0.2, 0.25) is 0 Å². The number of nitrogens with zero attached hydrogens (tertiary/aromatic N) is 2. The van der Waals surface area contributed by atoms with Gasteiger partial charge in [0.1, 0.15) is 0 Å². The Morgan fingerprint density at radius 1 is 1.50 bits per heavy atom. The van der Waals surface area contributed by atoms with Crippen LogP contribution in [0.25, 0.3) is 11.3 Å². The second-order valence-electron chi connectivity index (χ2n) is 3.11. The number of aromatic amines is 1. The predicted octanol–water partition coefficient (Wildman–Crippen LogP) is 1.84. The van der Waals surface area contributed by atoms with Crippen LogP contribution in [-0.4, -0.2) is 26.4 Å². The molecule has 0 fully saturated rings. The monoisotopic (exact) mass is 219 g/mol. The van der Waals surface area contributed by atoms with Crippen LogP contribution in [0.1, 0.15) is 5.69 Å². The van der Waals surface area contributed by atoms with Crippen LogP contribution in [0.15, 0.2) is 24.4 Å². The molecule has 0 radical (unpaired) electrons. The molecule has 0 aliphatic heterocycles. The van der Waals surface area contributed by atoms with E-state index in [-0.39, 0.29) is 5.88 Å². The quantitative estimate of drug-likeness (QED) is 0.752. The minimum absolute atomic E-state index is 0.0469. The Bertz CT molecular complexity index is 522. The van der Waals surface area contributed by atoms with Gasteiger partial charge >= 0.3 is 6.16 Å². The van der Waals surface area contributed by atoms with Crippen LogP contribution in [-0.2, 0) is 0 Å². The highest BCUT2D eigenvalue weighted by Crippen LogP contribution is 2.21. The van der Waals surface area contributed by atoms with Gasteiger partial charge in [-0.3, -0.25) is 5.10 Å². The average Bonchev–Trinajstić information content (AvgIpc) is 2.64. The Morgan fingerprint density at radius 2 is 2.31 bits per heavy atom. The van der Waals surface area contributed by atoms with Crippen molar-refractivity contribution in [1.82, 2.24) is 15.2 Å². The molecule has 2 N–H and O–H groups in total. The van der Waals surface area contributed by atoms with Crippen molar-refractivity contribution in [3.63, 3.8) is 0 Å². The van der Waals surface area contributed by atoms with Gasteiger partial charge in [-0.2, -0.15) is 5.10 Å². The van der Waals surface area contributed by atoms with E-state index in [9.17, 15) is 4.79 Å². The molecule has 2 rings (SSSR count). The average molecular weight is 219 g/mol. The molecule has 2 aromatic heterocycles. The topological polar surface area (TPSA) is 88.1 Å². The zero-order valence-electron chi connectivity index (χ0n) is 8.47. The lowest BCUT2D eigenvalue weighted by Gasteiger charge is -2.01. The summed E-state index contributed by atoms with van der Waals surface area (Å²) in [5.74, 6) is 0.0469. The molecule has 0 aromatic carbocycles. The van der Waals surface area contributed by atoms with Gasteiger partial charge in [0.05, 0.1) is 11.4 Å². The van der Waals surface area contributed by atoms with Crippen LogP contribution >= 0.6 is 0 Å². The van der Waals surface area contributed by atoms with Gasteiger partial charge in [-0.05, 0) is 13.0 Å². The number of carbonyl (C=O) groups is 1. The number of hydrogen-bond acceptors (Lipinski definition) is 4. The number of aromatic nitrogens is 3. The number of H-pyrrole nitrogens is 1. The van der Waals surface area contributed by atoms with Crippen molar-refractivity contribution in [1.29, 1.82) is 0 Å². The predicted molar refractivity (Wildman–Crippen MR) is 55.2 cm³/mol. The molecular formula is C10H9N3O3. The van der Waals surface area contributed by atoms with E-state index in [0.717, 1.165) is 11.3 Å². The second-order valence-corrected chi connectivity index (χ2v) is 3.11. The molecular weight excluding hydrogens is 210 g/mol. The van der Waals surface area contributed by atoms with Gasteiger partial charge in [0, 0.05) is 17.8 Å². The lowest BCUT2D eigenvalue weighted by atomic mass is 10.2. The van der Waals surface area contributed by atoms with E-state index < -0.39 is 6.16 Å². The Hall–Kier alpha value is -2.37. The highest BCUT2D eigenvalue weighted by Gasteiger charge is 2.08. The molecule has 2 aromatic rings. The smallest absolute Gasteiger partial charge is 0.449 e. The largest absolute Gasteiger partial charge is 0.512 e. The maximum Gasteiger partial charge on any atom is 0.512 e. The SMILES string of the molecule is Cc1n[nH]cc1-c1cccc(OC(=O)O)n1. The highest BCUT2D eigenvalue weighted by atomic mass is 16.7. The number of ether oxygens (including phenoxy) is 1. The van der Waals surface area contributed by atoms with Crippen LogP contribution in [0.3, 0.4) is 0 Å². The van der Waals surface area contributed by atoms with Crippen molar-refractivity contribution in [2.75, 3.05) is 0 Å². The van der Waals surface area contributed by atoms with E-state index in [1.807, 2.05) is 6.92 Å². The standard InChI is InChI=1S/C10H9N3O3/c1-6-7(5-11-13-6)8-3-2-4-9(12-8)16-10(14)15/h2-5H,1H3,(H,11,13)(H,14,15). The van der Waals surface area contributed by atoms with Crippen LogP contribution in [0.4, 0.5) is 4.79 Å². The fraction of sp³-hybridized carbons (Fsp3) is 0.100. The highest BCUT2D eigenvalue weighted by molar-refractivity contribution is 5.63. The Kier molecular flexibility index (Phi) is 2.55. The summed E-state index contributed by atoms with van der Waals surface area (Å²) in [6.07, 6.45) is 0.316. The maximum absolute atomic E-state index is 10.4. The minimum Gasteiger partial charge on any atom is -0.449 e. The maximum atomic E-state index is 10.4. The molecule has 0 saturated carbocycles. The first-order valence-electron chi connectivity index (χ1n) is 4.55. The number of hydrogen-bond donors (Lipinski definition) is 2. The van der Waals surface area contributed by atoms with Crippen molar-refractivity contribution >= 4 is 6.16 Å². The fourth-order valence-electron chi connectivity index (χ4n) is 1.33. The van der Waals surface area contributed by atoms with Gasteiger partial charge in [0.2, 0.25) is 5.88 Å². The van der Waals surface area contributed by atoms with E-state index in [2.05, 4.69) is 19.9 Å². The molecule has 82 valence electrons. The van der Waals surface area contributed by atoms with Crippen molar-refractivity contribution in [3.05, 3.63) is 30.1 Å². The molecule has 0 bridgehead atoms. The molecule has 0 saturated heterocycles. The molecule has 0 unspecified atom stereocenters. The van der Waals surface area contributed by atoms with Crippen molar-refractivity contribution in [2.24, 2.45) is 0 Å². The number of pyridine rings is 1. The van der Waals surface area contributed by atoms with E-state index in [1.165, 1.54) is 6.07 Å². The van der Waals surface area contributed by atoms with Gasteiger partial charge in [0.25, 0.3) is 0 Å². The molecule has 6 nitrogen and oxygen atoms in total. The molecule has 0 atom stereocenters. The summed E-state index contributed by atoms with van der Waals surface area (Å²) in [5.41, 5.74) is 2.22. The third kappa shape index (κ3) is 2.00. The van der Waals surface area contributed by atoms with E-state index in [0.29, 0.717) is 5.69 Å². The van der Waals surface area contributed by atoms with Crippen LogP contribution in [0, 0.1) is 6.92 Å². The first kappa shape index (κ1) is 10.2. The van der Waals surface area contributed by atoms with E-state index in [1.54, 1.807) is 18.3 Å². The number of nitrogens with one attached hydrogen (secondary N) is 1. The summed E-state index contributed by atoms with van der Waals surface area (Å²) in [7, 11) is 0. The van der Waals surface area contributed by atoms with Crippen molar-refractivity contribution < 1.29 is 14.6 Å². The number of carboxylic acid groups (broad SMARTS) is 1. The lowest BCUT2D eigenvalue weighted by Crippen LogP contribution is -2.04. The van der Waals surface area contributed by atoms with Gasteiger partial charge in [-0.25, -0.2) is 9.78 Å². The zero-order valence-corrected chi connectivity index (χ0v) is 8.47. The van der Waals surface area contributed by atoms with Crippen molar-refractivity contribution in [3.8, 4) is 17.1 Å². The summed E-state index contributed by atoms with van der Waals surface area (Å²) < 4.78 is 4.47. The van der Waals surface area contributed by atoms with E-state index >= 15 is 0 Å².